The number of H-pyrrole nitrogens is 2. The minimum absolute atomic E-state index is 0.370. The first-order chi connectivity index (χ1) is 36.0. The smallest absolute Gasteiger partial charge is 0.200 e. The van der Waals surface area contributed by atoms with Crippen LogP contribution in [0.1, 0.15) is 45.7 Å². The van der Waals surface area contributed by atoms with Gasteiger partial charge < -0.3 is 9.97 Å². The van der Waals surface area contributed by atoms with Crippen LogP contribution in [0, 0.1) is 116 Å². The van der Waals surface area contributed by atoms with E-state index < -0.39 is 230 Å². The van der Waals surface area contributed by atoms with E-state index in [4.69, 9.17) is 0 Å². The van der Waals surface area contributed by atoms with Crippen molar-refractivity contribution >= 4 is 34.2 Å². The summed E-state index contributed by atoms with van der Waals surface area (Å²) < 4.78 is 312. The summed E-state index contributed by atoms with van der Waals surface area (Å²) in [6.07, 6.45) is 0.473. The zero-order chi connectivity index (χ0) is 54.4. The SMILES string of the molecule is Fc1c(F)c(F)c(-c2c3nc(c(-c4c(F)c(F)c(F)c(F)c4F)c4ccc([nH]4)c(-c4c(F)c(F)c(F)c(F)c4F)c4nc(c(-c5c(F)c(F)c(F)c(F)c5F)c5ccc2[nH]5)C2Cc5ccccc5CC42)C=C3)c(F)c1F. The van der Waals surface area contributed by atoms with Gasteiger partial charge in [0.15, 0.2) is 93.1 Å². The Morgan fingerprint density at radius 3 is 0.789 bits per heavy atom. The molecule has 2 N–H and O–H groups in total. The molecule has 0 saturated carbocycles. The lowest BCUT2D eigenvalue weighted by atomic mass is 9.72. The molecule has 76 heavy (non-hydrogen) atoms. The fourth-order valence-electron chi connectivity index (χ4n) is 9.98. The molecule has 0 amide bonds. The molecule has 386 valence electrons. The maximum absolute atomic E-state index is 16.5. The molecule has 4 nitrogen and oxygen atoms in total. The number of aromatic amines is 2. The van der Waals surface area contributed by atoms with Crippen molar-refractivity contribution < 1.29 is 87.8 Å². The van der Waals surface area contributed by atoms with E-state index in [0.29, 0.717) is 47.5 Å². The van der Waals surface area contributed by atoms with Gasteiger partial charge in [0.25, 0.3) is 0 Å². The van der Waals surface area contributed by atoms with Crippen molar-refractivity contribution in [2.45, 2.75) is 24.7 Å². The molecular formula is C52H18F20N4. The van der Waals surface area contributed by atoms with Crippen LogP contribution in [-0.2, 0) is 12.8 Å². The summed E-state index contributed by atoms with van der Waals surface area (Å²) in [6, 6.07) is 8.77. The Hall–Kier alpha value is -8.44. The fourth-order valence-corrected chi connectivity index (χ4v) is 9.98. The van der Waals surface area contributed by atoms with E-state index in [2.05, 4.69) is 19.9 Å². The molecule has 3 aromatic heterocycles. The van der Waals surface area contributed by atoms with Crippen molar-refractivity contribution in [2.24, 2.45) is 0 Å². The van der Waals surface area contributed by atoms with Crippen LogP contribution in [-0.4, -0.2) is 19.9 Å². The number of hydrogen-bond donors (Lipinski definition) is 2. The molecule has 0 radical (unpaired) electrons. The standard InChI is InChI=1S/C52H18F20N4/c53-31-27(32(54)40(62)47(69)39(31)61)23-17-5-6-18(73-17)24(28-33(55)41(63)48(70)42(64)34(28)56)20-8-10-22(75-20)26(30-37(59)45(67)50(72)46(68)38(30)60)52-16-12-14-4-2-1-3-13(14)11-15(16)51(76-52)25(21-9-7-19(23)74-21)29-35(57)43(65)49(71)44(66)36(29)58/h1-10,15-16,74-75H,11-12H2. The predicted octanol–water partition coefficient (Wildman–Crippen LogP) is 15.6. The monoisotopic (exact) mass is 1080 g/mol. The predicted molar refractivity (Wildman–Crippen MR) is 230 cm³/mol. The molecule has 0 fully saturated rings. The highest BCUT2D eigenvalue weighted by Crippen LogP contribution is 2.53. The largest absolute Gasteiger partial charge is 0.354 e. The molecule has 3 aliphatic rings. The van der Waals surface area contributed by atoms with Gasteiger partial charge in [0.1, 0.15) is 0 Å². The maximum atomic E-state index is 16.5. The highest BCUT2D eigenvalue weighted by Gasteiger charge is 2.44. The van der Waals surface area contributed by atoms with Crippen LogP contribution >= 0.6 is 0 Å². The molecule has 11 rings (SSSR count). The molecule has 0 saturated heterocycles. The van der Waals surface area contributed by atoms with Crippen molar-refractivity contribution in [3.8, 4) is 44.5 Å². The van der Waals surface area contributed by atoms with Crippen molar-refractivity contribution in [1.82, 2.24) is 19.9 Å². The summed E-state index contributed by atoms with van der Waals surface area (Å²) >= 11 is 0. The minimum atomic E-state index is -2.71. The summed E-state index contributed by atoms with van der Waals surface area (Å²) in [5.41, 5.74) is -18.7. The Morgan fingerprint density at radius 2 is 0.513 bits per heavy atom. The first-order valence-electron chi connectivity index (χ1n) is 21.7. The van der Waals surface area contributed by atoms with Crippen molar-refractivity contribution in [1.29, 1.82) is 0 Å². The second-order valence-electron chi connectivity index (χ2n) is 17.3. The maximum Gasteiger partial charge on any atom is 0.200 e. The third-order valence-corrected chi connectivity index (χ3v) is 13.4. The fraction of sp³-hybridized carbons (Fsp3) is 0.0769. The van der Waals surface area contributed by atoms with E-state index in [9.17, 15) is 17.6 Å². The number of hydrogen-bond acceptors (Lipinski definition) is 2. The van der Waals surface area contributed by atoms with E-state index in [1.165, 1.54) is 24.3 Å². The van der Waals surface area contributed by atoms with E-state index in [1.54, 1.807) is 0 Å². The first-order valence-corrected chi connectivity index (χ1v) is 21.7. The van der Waals surface area contributed by atoms with Crippen LogP contribution in [0.25, 0.3) is 78.7 Å². The molecular weight excluding hydrogens is 1060 g/mol. The molecule has 1 aliphatic carbocycles. The molecule has 8 aromatic rings. The van der Waals surface area contributed by atoms with Crippen LogP contribution in [0.2, 0.25) is 0 Å². The van der Waals surface area contributed by atoms with Gasteiger partial charge >= 0.3 is 0 Å². The molecule has 0 spiro atoms. The van der Waals surface area contributed by atoms with Crippen LogP contribution in [0.3, 0.4) is 0 Å². The van der Waals surface area contributed by atoms with E-state index in [1.807, 2.05) is 0 Å². The summed E-state index contributed by atoms with van der Waals surface area (Å²) in [5, 5.41) is 0. The summed E-state index contributed by atoms with van der Waals surface area (Å²) in [7, 11) is 0. The Balaban J connectivity index is 1.46. The molecule has 2 unspecified atom stereocenters. The third-order valence-electron chi connectivity index (χ3n) is 13.4. The number of halogens is 20. The van der Waals surface area contributed by atoms with Crippen LogP contribution in [0.5, 0.6) is 0 Å². The normalized spacial score (nSPS) is 14.9. The molecule has 8 bridgehead atoms. The second-order valence-corrected chi connectivity index (χ2v) is 17.3. The van der Waals surface area contributed by atoms with Crippen LogP contribution in [0.15, 0.2) is 48.5 Å². The highest BCUT2D eigenvalue weighted by molar-refractivity contribution is 5.98. The summed E-state index contributed by atoms with van der Waals surface area (Å²) in [5.74, 6) is -55.3. The Morgan fingerprint density at radius 1 is 0.276 bits per heavy atom. The molecule has 5 aromatic carbocycles. The molecule has 24 heteroatoms. The van der Waals surface area contributed by atoms with Gasteiger partial charge in [-0.15, -0.1) is 0 Å². The minimum Gasteiger partial charge on any atom is -0.354 e. The average molecular weight is 1080 g/mol. The van der Waals surface area contributed by atoms with Gasteiger partial charge in [-0.3, -0.25) is 4.98 Å². The number of nitrogens with one attached hydrogen (secondary N) is 2. The van der Waals surface area contributed by atoms with Crippen LogP contribution < -0.4 is 0 Å². The topological polar surface area (TPSA) is 57.4 Å². The summed E-state index contributed by atoms with van der Waals surface area (Å²) in [6.45, 7) is 0. The summed E-state index contributed by atoms with van der Waals surface area (Å²) in [4.78, 5) is 13.3. The Kier molecular flexibility index (Phi) is 11.5. The van der Waals surface area contributed by atoms with Crippen molar-refractivity contribution in [3.63, 3.8) is 0 Å². The Bertz CT molecular complexity index is 3790. The van der Waals surface area contributed by atoms with Gasteiger partial charge in [0, 0.05) is 56.2 Å². The van der Waals surface area contributed by atoms with Crippen molar-refractivity contribution in [3.05, 3.63) is 199 Å². The number of fused-ring (bicyclic) bond motifs is 12. The number of nitrogens with zero attached hydrogens (tertiary/aromatic N) is 2. The van der Waals surface area contributed by atoms with Gasteiger partial charge in [-0.1, -0.05) is 24.3 Å². The Labute approximate surface area is 409 Å². The van der Waals surface area contributed by atoms with Crippen LogP contribution in [0.4, 0.5) is 87.8 Å². The van der Waals surface area contributed by atoms with Gasteiger partial charge in [-0.05, 0) is 60.4 Å². The number of rotatable bonds is 4. The third kappa shape index (κ3) is 7.00. The van der Waals surface area contributed by atoms with Gasteiger partial charge in [0.05, 0.1) is 45.0 Å². The molecule has 5 heterocycles. The lowest BCUT2D eigenvalue weighted by Gasteiger charge is -2.29. The zero-order valence-corrected chi connectivity index (χ0v) is 36.8. The van der Waals surface area contributed by atoms with E-state index >= 15 is 70.2 Å². The number of benzene rings is 5. The average Bonchev–Trinajstić information content (AvgIpc) is 4.30. The number of aromatic nitrogens is 4. The lowest BCUT2D eigenvalue weighted by Crippen LogP contribution is -2.20. The first kappa shape index (κ1) is 49.8. The van der Waals surface area contributed by atoms with Gasteiger partial charge in [0.2, 0.25) is 23.3 Å². The highest BCUT2D eigenvalue weighted by atomic mass is 19.2. The quantitative estimate of drug-likeness (QED) is 0.105. The lowest BCUT2D eigenvalue weighted by molar-refractivity contribution is 0.381. The van der Waals surface area contributed by atoms with E-state index in [-0.39, 0.29) is 0 Å². The van der Waals surface area contributed by atoms with Gasteiger partial charge in [-0.2, -0.15) is 0 Å². The molecule has 2 atom stereocenters. The van der Waals surface area contributed by atoms with Crippen molar-refractivity contribution in [2.75, 3.05) is 0 Å². The zero-order valence-electron chi connectivity index (χ0n) is 36.8. The second kappa shape index (κ2) is 17.6. The molecule has 2 aliphatic heterocycles. The van der Waals surface area contributed by atoms with E-state index in [0.717, 1.165) is 0 Å². The van der Waals surface area contributed by atoms with Gasteiger partial charge in [-0.25, -0.2) is 92.8 Å².